The third-order valence-electron chi connectivity index (χ3n) is 4.33. The highest BCUT2D eigenvalue weighted by atomic mass is 16.2. The first-order valence-corrected chi connectivity index (χ1v) is 7.73. The lowest BCUT2D eigenvalue weighted by molar-refractivity contribution is -0.121. The Balaban J connectivity index is 1.83. The molecule has 1 aromatic carbocycles. The van der Waals surface area contributed by atoms with Crippen LogP contribution >= 0.6 is 0 Å². The van der Waals surface area contributed by atoms with E-state index in [1.54, 1.807) is 17.3 Å². The molecule has 1 amide bonds. The van der Waals surface area contributed by atoms with Crippen molar-refractivity contribution < 1.29 is 4.79 Å². The number of aromatic nitrogens is 1. The highest BCUT2D eigenvalue weighted by Crippen LogP contribution is 2.29. The Morgan fingerprint density at radius 2 is 1.91 bits per heavy atom. The van der Waals surface area contributed by atoms with E-state index < -0.39 is 0 Å². The number of piperidine rings is 1. The molecule has 114 valence electrons. The number of carbonyl (C=O) groups excluding carboxylic acids is 1. The molecule has 1 N–H and O–H groups in total. The highest BCUT2D eigenvalue weighted by Gasteiger charge is 2.33. The molecule has 2 unspecified atom stereocenters. The minimum Gasteiger partial charge on any atom is -0.314 e. The average Bonchev–Trinajstić information content (AvgIpc) is 2.62. The van der Waals surface area contributed by atoms with E-state index in [4.69, 9.17) is 0 Å². The van der Waals surface area contributed by atoms with E-state index in [0.29, 0.717) is 0 Å². The van der Waals surface area contributed by atoms with Crippen LogP contribution < -0.4 is 10.2 Å². The Morgan fingerprint density at radius 3 is 2.64 bits per heavy atom. The molecule has 2 atom stereocenters. The quantitative estimate of drug-likeness (QED) is 0.946. The van der Waals surface area contributed by atoms with Crippen LogP contribution in [0.1, 0.15) is 24.3 Å². The molecule has 2 aromatic rings. The number of hydrogen-bond acceptors (Lipinski definition) is 3. The van der Waals surface area contributed by atoms with Gasteiger partial charge in [0.05, 0.1) is 6.04 Å². The van der Waals surface area contributed by atoms with Crippen molar-refractivity contribution in [3.8, 4) is 0 Å². The number of hydrogen-bond donors (Lipinski definition) is 1. The normalized spacial score (nSPS) is 21.3. The number of likely N-dealkylation sites (N-methyl/N-ethyl adjacent to an activating group) is 1. The summed E-state index contributed by atoms with van der Waals surface area (Å²) in [5, 5.41) is 3.41. The molecule has 3 rings (SSSR count). The topological polar surface area (TPSA) is 45.2 Å². The Bertz CT molecular complexity index is 615. The molecule has 0 radical (unpaired) electrons. The summed E-state index contributed by atoms with van der Waals surface area (Å²) in [6.07, 6.45) is 5.56. The molecule has 1 aromatic heterocycles. The molecule has 22 heavy (non-hydrogen) atoms. The summed E-state index contributed by atoms with van der Waals surface area (Å²) in [4.78, 5) is 18.7. The van der Waals surface area contributed by atoms with Crippen molar-refractivity contribution in [1.82, 2.24) is 10.3 Å². The lowest BCUT2D eigenvalue weighted by atomic mass is 9.84. The van der Waals surface area contributed by atoms with Crippen LogP contribution in [-0.2, 0) is 4.79 Å². The van der Waals surface area contributed by atoms with Crippen molar-refractivity contribution in [3.05, 3.63) is 60.4 Å². The maximum Gasteiger partial charge on any atom is 0.244 e. The summed E-state index contributed by atoms with van der Waals surface area (Å²) < 4.78 is 0. The largest absolute Gasteiger partial charge is 0.314 e. The van der Waals surface area contributed by atoms with Crippen LogP contribution in [0.4, 0.5) is 5.69 Å². The monoisotopic (exact) mass is 295 g/mol. The second-order valence-electron chi connectivity index (χ2n) is 5.69. The second kappa shape index (κ2) is 6.71. The van der Waals surface area contributed by atoms with Gasteiger partial charge >= 0.3 is 0 Å². The van der Waals surface area contributed by atoms with Gasteiger partial charge in [-0.15, -0.1) is 0 Å². The Hall–Kier alpha value is -2.20. The number of nitrogens with one attached hydrogen (secondary N) is 1. The molecule has 4 heteroatoms. The third-order valence-corrected chi connectivity index (χ3v) is 4.33. The standard InChI is InChI=1S/C18H21N3O/c1-21(15-9-12-19-13-10-15)18(22)17-16(8-5-11-20-17)14-6-3-2-4-7-14/h2-4,6-7,9-10,12-13,16-17,20H,5,8,11H2,1H3. The summed E-state index contributed by atoms with van der Waals surface area (Å²) in [7, 11) is 1.83. The van der Waals surface area contributed by atoms with Crippen molar-refractivity contribution in [3.63, 3.8) is 0 Å². The number of anilines is 1. The highest BCUT2D eigenvalue weighted by molar-refractivity contribution is 5.97. The minimum absolute atomic E-state index is 0.111. The van der Waals surface area contributed by atoms with Crippen molar-refractivity contribution in [2.75, 3.05) is 18.5 Å². The number of nitrogens with zero attached hydrogens (tertiary/aromatic N) is 2. The zero-order valence-electron chi connectivity index (χ0n) is 12.8. The SMILES string of the molecule is CN(C(=O)C1NCCCC1c1ccccc1)c1ccncc1. The molecule has 0 aliphatic carbocycles. The number of benzene rings is 1. The summed E-state index contributed by atoms with van der Waals surface area (Å²) in [5.74, 6) is 0.339. The van der Waals surface area contributed by atoms with E-state index in [1.807, 2.05) is 37.4 Å². The Morgan fingerprint density at radius 1 is 1.18 bits per heavy atom. The van der Waals surface area contributed by atoms with Crippen LogP contribution in [0.3, 0.4) is 0 Å². The molecule has 1 aliphatic rings. The van der Waals surface area contributed by atoms with E-state index in [9.17, 15) is 4.79 Å². The lowest BCUT2D eigenvalue weighted by Gasteiger charge is -2.34. The van der Waals surface area contributed by atoms with Crippen LogP contribution in [0.25, 0.3) is 0 Å². The van der Waals surface area contributed by atoms with Gasteiger partial charge in [-0.3, -0.25) is 9.78 Å². The maximum atomic E-state index is 12.9. The Labute approximate surface area is 131 Å². The van der Waals surface area contributed by atoms with Gasteiger partial charge in [0.15, 0.2) is 0 Å². The van der Waals surface area contributed by atoms with Gasteiger partial charge < -0.3 is 10.2 Å². The summed E-state index contributed by atoms with van der Waals surface area (Å²) in [5.41, 5.74) is 2.11. The number of pyridine rings is 1. The molecule has 0 saturated carbocycles. The van der Waals surface area contributed by atoms with Gasteiger partial charge in [-0.2, -0.15) is 0 Å². The second-order valence-corrected chi connectivity index (χ2v) is 5.69. The average molecular weight is 295 g/mol. The fourth-order valence-electron chi connectivity index (χ4n) is 3.11. The molecule has 1 saturated heterocycles. The molecular formula is C18H21N3O. The summed E-state index contributed by atoms with van der Waals surface area (Å²) in [6, 6.07) is 13.9. The first kappa shape index (κ1) is 14.7. The van der Waals surface area contributed by atoms with Crippen molar-refractivity contribution in [1.29, 1.82) is 0 Å². The van der Waals surface area contributed by atoms with Crippen LogP contribution in [0, 0.1) is 0 Å². The van der Waals surface area contributed by atoms with Crippen molar-refractivity contribution >= 4 is 11.6 Å². The van der Waals surface area contributed by atoms with Crippen LogP contribution in [0.15, 0.2) is 54.9 Å². The molecule has 1 fully saturated rings. The molecule has 0 spiro atoms. The van der Waals surface area contributed by atoms with E-state index >= 15 is 0 Å². The summed E-state index contributed by atoms with van der Waals surface area (Å²) in [6.45, 7) is 0.893. The van der Waals surface area contributed by atoms with Crippen molar-refractivity contribution in [2.24, 2.45) is 0 Å². The van der Waals surface area contributed by atoms with Gasteiger partial charge in [0, 0.05) is 31.0 Å². The molecule has 4 nitrogen and oxygen atoms in total. The fraction of sp³-hybridized carbons (Fsp3) is 0.333. The third kappa shape index (κ3) is 3.02. The molecule has 1 aliphatic heterocycles. The van der Waals surface area contributed by atoms with Gasteiger partial charge in [-0.05, 0) is 37.1 Å². The number of amides is 1. The first-order valence-electron chi connectivity index (χ1n) is 7.73. The zero-order chi connectivity index (χ0) is 15.4. The minimum atomic E-state index is -0.172. The summed E-state index contributed by atoms with van der Waals surface area (Å²) >= 11 is 0. The molecule has 0 bridgehead atoms. The van der Waals surface area contributed by atoms with Crippen molar-refractivity contribution in [2.45, 2.75) is 24.8 Å². The van der Waals surface area contributed by atoms with E-state index in [0.717, 1.165) is 25.1 Å². The number of rotatable bonds is 3. The van der Waals surface area contributed by atoms with Gasteiger partial charge in [-0.25, -0.2) is 0 Å². The maximum absolute atomic E-state index is 12.9. The zero-order valence-corrected chi connectivity index (χ0v) is 12.8. The lowest BCUT2D eigenvalue weighted by Crippen LogP contribution is -2.51. The van der Waals surface area contributed by atoms with E-state index in [1.165, 1.54) is 5.56 Å². The smallest absolute Gasteiger partial charge is 0.244 e. The van der Waals surface area contributed by atoms with Gasteiger partial charge in [0.1, 0.15) is 0 Å². The fourth-order valence-corrected chi connectivity index (χ4v) is 3.11. The van der Waals surface area contributed by atoms with Gasteiger partial charge in [-0.1, -0.05) is 30.3 Å². The molecular weight excluding hydrogens is 274 g/mol. The van der Waals surface area contributed by atoms with Crippen LogP contribution in [0.2, 0.25) is 0 Å². The Kier molecular flexibility index (Phi) is 4.49. The van der Waals surface area contributed by atoms with Gasteiger partial charge in [0.25, 0.3) is 0 Å². The van der Waals surface area contributed by atoms with Crippen LogP contribution in [0.5, 0.6) is 0 Å². The molecule has 2 heterocycles. The first-order chi connectivity index (χ1) is 10.8. The predicted molar refractivity (Wildman–Crippen MR) is 87.9 cm³/mol. The van der Waals surface area contributed by atoms with Crippen LogP contribution in [-0.4, -0.2) is 30.5 Å². The van der Waals surface area contributed by atoms with E-state index in [2.05, 4.69) is 22.4 Å². The predicted octanol–water partition coefficient (Wildman–Crippen LogP) is 2.58. The van der Waals surface area contributed by atoms with Gasteiger partial charge in [0.2, 0.25) is 5.91 Å². The van der Waals surface area contributed by atoms with E-state index in [-0.39, 0.29) is 17.9 Å². The number of carbonyl (C=O) groups is 1.